The number of anilines is 1. The van der Waals surface area contributed by atoms with Crippen LogP contribution in [0.4, 0.5) is 5.82 Å². The highest BCUT2D eigenvalue weighted by Gasteiger charge is 2.36. The Balaban J connectivity index is 2.69. The molecule has 1 heterocycles. The van der Waals surface area contributed by atoms with Gasteiger partial charge in [-0.05, 0) is 40.1 Å². The summed E-state index contributed by atoms with van der Waals surface area (Å²) in [6.45, 7) is 11.5. The molecule has 0 aliphatic heterocycles. The van der Waals surface area contributed by atoms with Crippen LogP contribution in [0.3, 0.4) is 0 Å². The van der Waals surface area contributed by atoms with Crippen LogP contribution in [-0.2, 0) is 4.43 Å². The van der Waals surface area contributed by atoms with Crippen molar-refractivity contribution >= 4 is 30.1 Å². The van der Waals surface area contributed by atoms with Gasteiger partial charge in [0.2, 0.25) is 0 Å². The Labute approximate surface area is 125 Å². The zero-order valence-electron chi connectivity index (χ0n) is 12.2. The summed E-state index contributed by atoms with van der Waals surface area (Å²) in [5.74, 6) is 6.47. The van der Waals surface area contributed by atoms with Crippen LogP contribution in [0, 0.1) is 11.8 Å². The monoisotopic (exact) mass is 340 g/mol. The number of halogens is 1. The maximum atomic E-state index is 5.98. The minimum Gasteiger partial charge on any atom is -0.406 e. The first kappa shape index (κ1) is 16.2. The van der Waals surface area contributed by atoms with Crippen molar-refractivity contribution in [2.24, 2.45) is 0 Å². The van der Waals surface area contributed by atoms with E-state index in [0.29, 0.717) is 12.4 Å². The van der Waals surface area contributed by atoms with Gasteiger partial charge in [-0.25, -0.2) is 4.98 Å². The van der Waals surface area contributed by atoms with Crippen LogP contribution in [-0.4, -0.2) is 19.9 Å². The Morgan fingerprint density at radius 3 is 2.63 bits per heavy atom. The van der Waals surface area contributed by atoms with Gasteiger partial charge in [-0.2, -0.15) is 0 Å². The van der Waals surface area contributed by atoms with Gasteiger partial charge >= 0.3 is 0 Å². The molecule has 19 heavy (non-hydrogen) atoms. The van der Waals surface area contributed by atoms with E-state index < -0.39 is 8.32 Å². The molecule has 0 bridgehead atoms. The number of hydrogen-bond acceptors (Lipinski definition) is 3. The molecule has 3 nitrogen and oxygen atoms in total. The summed E-state index contributed by atoms with van der Waals surface area (Å²) in [5.41, 5.74) is 6.49. The second kappa shape index (κ2) is 6.08. The zero-order valence-corrected chi connectivity index (χ0v) is 14.8. The van der Waals surface area contributed by atoms with Crippen molar-refractivity contribution in [2.45, 2.75) is 38.9 Å². The normalized spacial score (nSPS) is 11.9. The van der Waals surface area contributed by atoms with Crippen molar-refractivity contribution in [2.75, 3.05) is 12.3 Å². The van der Waals surface area contributed by atoms with E-state index in [1.807, 2.05) is 6.07 Å². The van der Waals surface area contributed by atoms with Gasteiger partial charge < -0.3 is 10.2 Å². The lowest BCUT2D eigenvalue weighted by molar-refractivity contribution is 0.334. The molecular weight excluding hydrogens is 320 g/mol. The fourth-order valence-electron chi connectivity index (χ4n) is 1.11. The molecule has 0 aliphatic rings. The number of nitrogen functional groups attached to an aromatic ring is 1. The maximum absolute atomic E-state index is 5.98. The van der Waals surface area contributed by atoms with Crippen molar-refractivity contribution in [3.63, 3.8) is 0 Å². The molecule has 0 unspecified atom stereocenters. The van der Waals surface area contributed by atoms with Crippen LogP contribution >= 0.6 is 15.9 Å². The highest BCUT2D eigenvalue weighted by atomic mass is 79.9. The minimum atomic E-state index is -1.73. The van der Waals surface area contributed by atoms with Gasteiger partial charge in [0.25, 0.3) is 0 Å². The summed E-state index contributed by atoms with van der Waals surface area (Å²) < 4.78 is 6.85. The highest BCUT2D eigenvalue weighted by Crippen LogP contribution is 2.36. The highest BCUT2D eigenvalue weighted by molar-refractivity contribution is 9.10. The number of pyridine rings is 1. The third-order valence-corrected chi connectivity index (χ3v) is 8.33. The molecule has 1 aromatic heterocycles. The Hall–Kier alpha value is -0.833. The number of aromatic nitrogens is 1. The molecule has 0 fully saturated rings. The first-order valence-corrected chi connectivity index (χ1v) is 9.87. The fraction of sp³-hybridized carbons (Fsp3) is 0.500. The standard InChI is InChI=1S/C14H21BrN2OSi/c1-14(2,3)19(4,5)18-8-6-7-11-9-12(15)10-17-13(11)16/h9-10H,8H2,1-5H3,(H2,16,17). The molecule has 104 valence electrons. The first-order chi connectivity index (χ1) is 8.63. The second-order valence-electron chi connectivity index (χ2n) is 5.94. The van der Waals surface area contributed by atoms with Crippen molar-refractivity contribution in [1.29, 1.82) is 0 Å². The van der Waals surface area contributed by atoms with Crippen LogP contribution < -0.4 is 5.73 Å². The van der Waals surface area contributed by atoms with Crippen molar-refractivity contribution in [1.82, 2.24) is 4.98 Å². The molecule has 0 spiro atoms. The Morgan fingerprint density at radius 1 is 1.42 bits per heavy atom. The van der Waals surface area contributed by atoms with Gasteiger partial charge in [-0.1, -0.05) is 32.6 Å². The van der Waals surface area contributed by atoms with E-state index in [2.05, 4.69) is 66.6 Å². The lowest BCUT2D eigenvalue weighted by Crippen LogP contribution is -2.40. The van der Waals surface area contributed by atoms with E-state index >= 15 is 0 Å². The van der Waals surface area contributed by atoms with Gasteiger partial charge in [0, 0.05) is 10.7 Å². The molecule has 1 aromatic rings. The van der Waals surface area contributed by atoms with Gasteiger partial charge in [-0.3, -0.25) is 0 Å². The van der Waals surface area contributed by atoms with Crippen LogP contribution in [0.2, 0.25) is 18.1 Å². The number of rotatable bonds is 2. The Kier molecular flexibility index (Phi) is 5.19. The van der Waals surface area contributed by atoms with Gasteiger partial charge in [-0.15, -0.1) is 0 Å². The van der Waals surface area contributed by atoms with Crippen LogP contribution in [0.5, 0.6) is 0 Å². The predicted octanol–water partition coefficient (Wildman–Crippen LogP) is 3.80. The number of hydrogen-bond donors (Lipinski definition) is 1. The average Bonchev–Trinajstić information content (AvgIpc) is 2.27. The largest absolute Gasteiger partial charge is 0.406 e. The molecule has 5 heteroatoms. The van der Waals surface area contributed by atoms with Gasteiger partial charge in [0.15, 0.2) is 8.32 Å². The third kappa shape index (κ3) is 4.64. The van der Waals surface area contributed by atoms with E-state index in [0.717, 1.165) is 10.0 Å². The SMILES string of the molecule is CC(C)(C)[Si](C)(C)OCC#Cc1cc(Br)cnc1N. The van der Waals surface area contributed by atoms with Gasteiger partial charge in [0.05, 0.1) is 12.2 Å². The summed E-state index contributed by atoms with van der Waals surface area (Å²) in [6.07, 6.45) is 1.66. The van der Waals surface area contributed by atoms with E-state index in [1.165, 1.54) is 0 Å². The van der Waals surface area contributed by atoms with Crippen LogP contribution in [0.25, 0.3) is 0 Å². The fourth-order valence-corrected chi connectivity index (χ4v) is 2.31. The first-order valence-electron chi connectivity index (χ1n) is 6.17. The van der Waals surface area contributed by atoms with E-state index in [4.69, 9.17) is 10.2 Å². The Bertz CT molecular complexity index is 512. The quantitative estimate of drug-likeness (QED) is 0.657. The molecule has 1 rings (SSSR count). The molecule has 0 aliphatic carbocycles. The lowest BCUT2D eigenvalue weighted by atomic mass is 10.2. The van der Waals surface area contributed by atoms with Crippen molar-refractivity contribution < 1.29 is 4.43 Å². The predicted molar refractivity (Wildman–Crippen MR) is 86.4 cm³/mol. The topological polar surface area (TPSA) is 48.1 Å². The second-order valence-corrected chi connectivity index (χ2v) is 11.7. The van der Waals surface area contributed by atoms with Crippen LogP contribution in [0.1, 0.15) is 26.3 Å². The summed E-state index contributed by atoms with van der Waals surface area (Å²) in [4.78, 5) is 4.04. The molecule has 0 saturated heterocycles. The van der Waals surface area contributed by atoms with Crippen LogP contribution in [0.15, 0.2) is 16.7 Å². The summed E-state index contributed by atoms with van der Waals surface area (Å²) in [6, 6.07) is 1.86. The summed E-state index contributed by atoms with van der Waals surface area (Å²) in [7, 11) is -1.73. The minimum absolute atomic E-state index is 0.199. The Morgan fingerprint density at radius 2 is 2.05 bits per heavy atom. The van der Waals surface area contributed by atoms with Crippen molar-refractivity contribution in [3.8, 4) is 11.8 Å². The van der Waals surface area contributed by atoms with E-state index in [9.17, 15) is 0 Å². The molecule has 0 aromatic carbocycles. The lowest BCUT2D eigenvalue weighted by Gasteiger charge is -2.35. The molecule has 0 amide bonds. The van der Waals surface area contributed by atoms with Crippen molar-refractivity contribution in [3.05, 3.63) is 22.3 Å². The number of nitrogens with two attached hydrogens (primary N) is 1. The smallest absolute Gasteiger partial charge is 0.193 e. The molecule has 0 radical (unpaired) electrons. The van der Waals surface area contributed by atoms with E-state index in [-0.39, 0.29) is 5.04 Å². The molecule has 0 saturated carbocycles. The van der Waals surface area contributed by atoms with E-state index in [1.54, 1.807) is 6.20 Å². The maximum Gasteiger partial charge on any atom is 0.193 e. The summed E-state index contributed by atoms with van der Waals surface area (Å²) >= 11 is 3.35. The third-order valence-electron chi connectivity index (χ3n) is 3.42. The average molecular weight is 341 g/mol. The number of nitrogens with zero attached hydrogens (tertiary/aromatic N) is 1. The summed E-state index contributed by atoms with van der Waals surface area (Å²) in [5, 5.41) is 0.199. The molecular formula is C14H21BrN2OSi. The zero-order chi connectivity index (χ0) is 14.7. The molecule has 0 atom stereocenters. The molecule has 2 N–H and O–H groups in total. The van der Waals surface area contributed by atoms with Gasteiger partial charge in [0.1, 0.15) is 5.82 Å².